The Hall–Kier alpha value is -3.55. The number of hydrogen-bond donors (Lipinski definition) is 2. The van der Waals surface area contributed by atoms with Gasteiger partial charge in [0.2, 0.25) is 0 Å². The standard InChI is InChI=1S/C23H16Cl2N6O/c24-16-8-15-5-13(1-2-19(15)27-11-16)7-21-26-4-3-20(31-21)23(32)30-10-14-6-17-18(25)12-29-22(17)28-9-14/h1-6,8-9,11-12H,7,10H2,(H,28,29)(H,30,32). The summed E-state index contributed by atoms with van der Waals surface area (Å²) in [6, 6.07) is 11.2. The third-order valence-electron chi connectivity index (χ3n) is 5.00. The van der Waals surface area contributed by atoms with Crippen LogP contribution in [0.15, 0.2) is 61.2 Å². The lowest BCUT2D eigenvalue weighted by atomic mass is 10.1. The molecule has 32 heavy (non-hydrogen) atoms. The van der Waals surface area contributed by atoms with Gasteiger partial charge in [-0.05, 0) is 41.5 Å². The number of aromatic nitrogens is 5. The zero-order valence-corrected chi connectivity index (χ0v) is 18.2. The van der Waals surface area contributed by atoms with Crippen molar-refractivity contribution in [2.75, 3.05) is 0 Å². The Kier molecular flexibility index (Phi) is 5.43. The lowest BCUT2D eigenvalue weighted by molar-refractivity contribution is 0.0945. The molecular weight excluding hydrogens is 447 g/mol. The first-order valence-corrected chi connectivity index (χ1v) is 10.6. The first-order chi connectivity index (χ1) is 15.5. The first-order valence-electron chi connectivity index (χ1n) is 9.81. The molecule has 0 aliphatic rings. The van der Waals surface area contributed by atoms with E-state index < -0.39 is 0 Å². The van der Waals surface area contributed by atoms with Crippen molar-refractivity contribution in [3.63, 3.8) is 0 Å². The highest BCUT2D eigenvalue weighted by atomic mass is 35.5. The summed E-state index contributed by atoms with van der Waals surface area (Å²) < 4.78 is 0. The van der Waals surface area contributed by atoms with Gasteiger partial charge in [0.15, 0.2) is 0 Å². The number of nitrogens with one attached hydrogen (secondary N) is 2. The van der Waals surface area contributed by atoms with Gasteiger partial charge in [0.25, 0.3) is 5.91 Å². The Morgan fingerprint density at radius 2 is 1.91 bits per heavy atom. The van der Waals surface area contributed by atoms with Gasteiger partial charge in [-0.2, -0.15) is 0 Å². The minimum absolute atomic E-state index is 0.289. The van der Waals surface area contributed by atoms with Crippen LogP contribution in [0, 0.1) is 0 Å². The molecule has 0 bridgehead atoms. The maximum atomic E-state index is 12.6. The molecule has 0 saturated carbocycles. The molecule has 1 aromatic carbocycles. The number of carbonyl (C=O) groups is 1. The highest BCUT2D eigenvalue weighted by Gasteiger charge is 2.11. The fraction of sp³-hybridized carbons (Fsp3) is 0.0870. The first kappa shape index (κ1) is 20.4. The van der Waals surface area contributed by atoms with Crippen molar-refractivity contribution in [3.05, 3.63) is 93.9 Å². The molecule has 5 rings (SSSR count). The van der Waals surface area contributed by atoms with Crippen LogP contribution in [0.5, 0.6) is 0 Å². The lowest BCUT2D eigenvalue weighted by Gasteiger charge is -2.07. The summed E-state index contributed by atoms with van der Waals surface area (Å²) in [7, 11) is 0. The van der Waals surface area contributed by atoms with Gasteiger partial charge in [0.05, 0.1) is 15.6 Å². The summed E-state index contributed by atoms with van der Waals surface area (Å²) in [5.74, 6) is 0.262. The molecule has 0 fully saturated rings. The second-order valence-electron chi connectivity index (χ2n) is 7.27. The van der Waals surface area contributed by atoms with Crippen LogP contribution in [-0.4, -0.2) is 30.8 Å². The van der Waals surface area contributed by atoms with Crippen molar-refractivity contribution in [1.82, 2.24) is 30.2 Å². The second kappa shape index (κ2) is 8.53. The van der Waals surface area contributed by atoms with E-state index >= 15 is 0 Å². The van der Waals surface area contributed by atoms with Crippen LogP contribution in [0.25, 0.3) is 21.9 Å². The van der Waals surface area contributed by atoms with E-state index in [1.807, 2.05) is 30.3 Å². The number of amides is 1. The average molecular weight is 463 g/mol. The molecule has 9 heteroatoms. The third kappa shape index (κ3) is 4.26. The van der Waals surface area contributed by atoms with Crippen LogP contribution in [0.3, 0.4) is 0 Å². The number of fused-ring (bicyclic) bond motifs is 2. The van der Waals surface area contributed by atoms with E-state index in [2.05, 4.69) is 30.2 Å². The molecule has 0 spiro atoms. The average Bonchev–Trinajstić information content (AvgIpc) is 3.17. The number of pyridine rings is 2. The molecule has 0 unspecified atom stereocenters. The minimum atomic E-state index is -0.289. The minimum Gasteiger partial charge on any atom is -0.347 e. The molecule has 4 heterocycles. The molecule has 1 amide bonds. The van der Waals surface area contributed by atoms with Crippen molar-refractivity contribution in [3.8, 4) is 0 Å². The zero-order valence-electron chi connectivity index (χ0n) is 16.6. The van der Waals surface area contributed by atoms with Crippen molar-refractivity contribution in [1.29, 1.82) is 0 Å². The molecule has 5 aromatic rings. The van der Waals surface area contributed by atoms with Gasteiger partial charge < -0.3 is 10.3 Å². The van der Waals surface area contributed by atoms with Crippen molar-refractivity contribution in [2.45, 2.75) is 13.0 Å². The Labute approximate surface area is 192 Å². The normalized spacial score (nSPS) is 11.2. The molecule has 0 aliphatic heterocycles. The molecule has 7 nitrogen and oxygen atoms in total. The summed E-state index contributed by atoms with van der Waals surface area (Å²) in [4.78, 5) is 33.0. The Balaban J connectivity index is 1.29. The maximum absolute atomic E-state index is 12.6. The van der Waals surface area contributed by atoms with E-state index in [0.29, 0.717) is 40.2 Å². The fourth-order valence-corrected chi connectivity index (χ4v) is 3.81. The highest BCUT2D eigenvalue weighted by Crippen LogP contribution is 2.22. The molecule has 0 atom stereocenters. The molecule has 2 N–H and O–H groups in total. The number of benzene rings is 1. The number of halogens is 2. The van der Waals surface area contributed by atoms with Gasteiger partial charge >= 0.3 is 0 Å². The summed E-state index contributed by atoms with van der Waals surface area (Å²) in [6.45, 7) is 0.307. The van der Waals surface area contributed by atoms with Gasteiger partial charge in [0, 0.05) is 48.5 Å². The van der Waals surface area contributed by atoms with E-state index in [4.69, 9.17) is 23.2 Å². The molecule has 0 radical (unpaired) electrons. The lowest BCUT2D eigenvalue weighted by Crippen LogP contribution is -2.24. The molecule has 4 aromatic heterocycles. The summed E-state index contributed by atoms with van der Waals surface area (Å²) in [5.41, 5.74) is 3.71. The van der Waals surface area contributed by atoms with E-state index in [1.54, 1.807) is 30.9 Å². The highest BCUT2D eigenvalue weighted by molar-refractivity contribution is 6.35. The van der Waals surface area contributed by atoms with Crippen molar-refractivity contribution < 1.29 is 4.79 Å². The Morgan fingerprint density at radius 3 is 2.81 bits per heavy atom. The number of hydrogen-bond acceptors (Lipinski definition) is 5. The van der Waals surface area contributed by atoms with Gasteiger partial charge in [-0.1, -0.05) is 29.3 Å². The fourth-order valence-electron chi connectivity index (χ4n) is 3.44. The quantitative estimate of drug-likeness (QED) is 0.393. The number of nitrogens with zero attached hydrogens (tertiary/aromatic N) is 4. The van der Waals surface area contributed by atoms with Crippen LogP contribution in [0.1, 0.15) is 27.4 Å². The van der Waals surface area contributed by atoms with Gasteiger partial charge in [-0.15, -0.1) is 0 Å². The molecule has 158 valence electrons. The Bertz CT molecular complexity index is 1470. The summed E-state index contributed by atoms with van der Waals surface area (Å²) in [5, 5.41) is 5.80. The largest absolute Gasteiger partial charge is 0.347 e. The summed E-state index contributed by atoms with van der Waals surface area (Å²) in [6.07, 6.45) is 7.07. The zero-order chi connectivity index (χ0) is 22.1. The van der Waals surface area contributed by atoms with Gasteiger partial charge in [-0.3, -0.25) is 9.78 Å². The maximum Gasteiger partial charge on any atom is 0.270 e. The predicted molar refractivity (Wildman–Crippen MR) is 124 cm³/mol. The van der Waals surface area contributed by atoms with Gasteiger partial charge in [0.1, 0.15) is 17.2 Å². The van der Waals surface area contributed by atoms with Crippen LogP contribution >= 0.6 is 23.2 Å². The predicted octanol–water partition coefficient (Wildman–Crippen LogP) is 4.73. The number of aromatic amines is 1. The molecule has 0 saturated heterocycles. The summed E-state index contributed by atoms with van der Waals surface area (Å²) >= 11 is 12.2. The van der Waals surface area contributed by atoms with Gasteiger partial charge in [-0.25, -0.2) is 15.0 Å². The number of rotatable bonds is 5. The van der Waals surface area contributed by atoms with E-state index in [0.717, 1.165) is 27.4 Å². The topological polar surface area (TPSA) is 96.5 Å². The van der Waals surface area contributed by atoms with E-state index in [9.17, 15) is 4.79 Å². The van der Waals surface area contributed by atoms with Crippen molar-refractivity contribution in [2.24, 2.45) is 0 Å². The molecule has 0 aliphatic carbocycles. The van der Waals surface area contributed by atoms with Crippen molar-refractivity contribution >= 4 is 51.0 Å². The van der Waals surface area contributed by atoms with Crippen LogP contribution in [0.4, 0.5) is 0 Å². The van der Waals surface area contributed by atoms with Crippen LogP contribution in [-0.2, 0) is 13.0 Å². The monoisotopic (exact) mass is 462 g/mol. The molecular formula is C23H16Cl2N6O. The third-order valence-corrected chi connectivity index (χ3v) is 5.52. The number of carbonyl (C=O) groups excluding carboxylic acids is 1. The SMILES string of the molecule is O=C(NCc1cnc2[nH]cc(Cl)c2c1)c1ccnc(Cc2ccc3ncc(Cl)cc3c2)n1. The second-order valence-corrected chi connectivity index (χ2v) is 8.12. The van der Waals surface area contributed by atoms with Crippen LogP contribution in [0.2, 0.25) is 10.0 Å². The smallest absolute Gasteiger partial charge is 0.270 e. The van der Waals surface area contributed by atoms with E-state index in [-0.39, 0.29) is 5.91 Å². The number of H-pyrrole nitrogens is 1. The van der Waals surface area contributed by atoms with E-state index in [1.165, 1.54) is 0 Å². The Morgan fingerprint density at radius 1 is 1.00 bits per heavy atom. The van der Waals surface area contributed by atoms with Crippen LogP contribution < -0.4 is 5.32 Å².